The summed E-state index contributed by atoms with van der Waals surface area (Å²) in [5.41, 5.74) is 19.4. The van der Waals surface area contributed by atoms with E-state index in [0.717, 1.165) is 0 Å². The van der Waals surface area contributed by atoms with E-state index in [9.17, 15) is 0 Å². The van der Waals surface area contributed by atoms with Gasteiger partial charge >= 0.3 is 0 Å². The lowest BCUT2D eigenvalue weighted by atomic mass is 9.63. The molecule has 0 aliphatic carbocycles. The van der Waals surface area contributed by atoms with Crippen LogP contribution < -0.4 is 0 Å². The minimum atomic E-state index is -0.611. The van der Waals surface area contributed by atoms with Crippen molar-refractivity contribution in [3.63, 3.8) is 0 Å². The molecule has 0 saturated carbocycles. The van der Waals surface area contributed by atoms with Gasteiger partial charge in [-0.1, -0.05) is 194 Å². The van der Waals surface area contributed by atoms with Gasteiger partial charge in [0.25, 0.3) is 0 Å². The highest BCUT2D eigenvalue weighted by molar-refractivity contribution is 5.76. The molecule has 0 fully saturated rings. The largest absolute Gasteiger partial charge is 0.0702 e. The third-order valence-electron chi connectivity index (χ3n) is 11.0. The molecule has 0 heteroatoms. The molecule has 0 nitrogen and oxygen atoms in total. The molecule has 0 unspecified atom stereocenters. The van der Waals surface area contributed by atoms with Gasteiger partial charge in [0.15, 0.2) is 0 Å². The van der Waals surface area contributed by atoms with Crippen molar-refractivity contribution in [1.29, 1.82) is 0 Å². The Balaban J connectivity index is 1.43. The Morgan fingerprint density at radius 2 is 0.453 bits per heavy atom. The fourth-order valence-corrected chi connectivity index (χ4v) is 8.35. The number of benzene rings is 8. The van der Waals surface area contributed by atoms with Crippen LogP contribution in [0.5, 0.6) is 0 Å². The molecule has 53 heavy (non-hydrogen) atoms. The van der Waals surface area contributed by atoms with E-state index in [-0.39, 0.29) is 0 Å². The Kier molecular flexibility index (Phi) is 9.21. The van der Waals surface area contributed by atoms with E-state index in [1.807, 2.05) is 0 Å². The third-order valence-corrected chi connectivity index (χ3v) is 11.0. The lowest BCUT2D eigenvalue weighted by Gasteiger charge is -2.38. The lowest BCUT2D eigenvalue weighted by molar-refractivity contribution is 0.741. The SMILES string of the molecule is Cc1cc(C(c2ccc(-c3ccccc3)c(C)c2)(c2ccc(-c3ccccc3)c(C)c2)c2ccc(-c3ccccc3)c(C)c2)ccc1-c1ccccc1. The number of rotatable bonds is 8. The van der Waals surface area contributed by atoms with Gasteiger partial charge in [0.1, 0.15) is 0 Å². The van der Waals surface area contributed by atoms with E-state index in [4.69, 9.17) is 0 Å². The average molecular weight is 681 g/mol. The van der Waals surface area contributed by atoms with Crippen LogP contribution in [-0.4, -0.2) is 0 Å². The van der Waals surface area contributed by atoms with E-state index in [1.165, 1.54) is 89.0 Å². The van der Waals surface area contributed by atoms with Gasteiger partial charge in [0.2, 0.25) is 0 Å². The summed E-state index contributed by atoms with van der Waals surface area (Å²) in [6, 6.07) is 71.5. The lowest BCUT2D eigenvalue weighted by Crippen LogP contribution is -2.31. The molecule has 0 atom stereocenters. The second-order valence-corrected chi connectivity index (χ2v) is 14.3. The summed E-state index contributed by atoms with van der Waals surface area (Å²) >= 11 is 0. The van der Waals surface area contributed by atoms with Crippen LogP contribution in [0.4, 0.5) is 0 Å². The second-order valence-electron chi connectivity index (χ2n) is 14.3. The molecule has 0 heterocycles. The molecule has 0 bridgehead atoms. The molecule has 8 aromatic carbocycles. The van der Waals surface area contributed by atoms with Crippen LogP contribution >= 0.6 is 0 Å². The van der Waals surface area contributed by atoms with Crippen molar-refractivity contribution < 1.29 is 0 Å². The maximum absolute atomic E-state index is 2.43. The molecule has 0 spiro atoms. The minimum absolute atomic E-state index is 0.611. The molecule has 0 aliphatic rings. The molecule has 0 saturated heterocycles. The first-order valence-corrected chi connectivity index (χ1v) is 18.6. The highest BCUT2D eigenvalue weighted by Crippen LogP contribution is 2.49. The molecular formula is C53H44. The predicted octanol–water partition coefficient (Wildman–Crippen LogP) is 14.0. The Morgan fingerprint density at radius 3 is 0.642 bits per heavy atom. The van der Waals surface area contributed by atoms with Crippen LogP contribution in [0.25, 0.3) is 44.5 Å². The van der Waals surface area contributed by atoms with E-state index in [0.29, 0.717) is 0 Å². The smallest absolute Gasteiger partial charge is 0.0622 e. The van der Waals surface area contributed by atoms with Crippen molar-refractivity contribution in [2.45, 2.75) is 33.1 Å². The van der Waals surface area contributed by atoms with Gasteiger partial charge in [0.05, 0.1) is 5.41 Å². The maximum Gasteiger partial charge on any atom is 0.0702 e. The van der Waals surface area contributed by atoms with Gasteiger partial charge < -0.3 is 0 Å². The summed E-state index contributed by atoms with van der Waals surface area (Å²) in [5, 5.41) is 0. The molecular weight excluding hydrogens is 637 g/mol. The zero-order valence-corrected chi connectivity index (χ0v) is 31.0. The number of hydrogen-bond acceptors (Lipinski definition) is 0. The van der Waals surface area contributed by atoms with Crippen LogP contribution in [0, 0.1) is 27.7 Å². The molecule has 0 aliphatic heterocycles. The highest BCUT2D eigenvalue weighted by atomic mass is 14.4. The zero-order valence-electron chi connectivity index (χ0n) is 31.0. The van der Waals surface area contributed by atoms with Crippen molar-refractivity contribution in [2.24, 2.45) is 0 Å². The summed E-state index contributed by atoms with van der Waals surface area (Å²) in [7, 11) is 0. The van der Waals surface area contributed by atoms with Gasteiger partial charge in [-0.25, -0.2) is 0 Å². The van der Waals surface area contributed by atoms with Gasteiger partial charge in [-0.2, -0.15) is 0 Å². The second kappa shape index (κ2) is 14.4. The summed E-state index contributed by atoms with van der Waals surface area (Å²) in [5.74, 6) is 0. The van der Waals surface area contributed by atoms with Crippen LogP contribution in [0.2, 0.25) is 0 Å². The molecule has 0 N–H and O–H groups in total. The first-order chi connectivity index (χ1) is 25.9. The van der Waals surface area contributed by atoms with E-state index >= 15 is 0 Å². The fourth-order valence-electron chi connectivity index (χ4n) is 8.35. The molecule has 0 radical (unpaired) electrons. The van der Waals surface area contributed by atoms with Crippen LogP contribution in [0.3, 0.4) is 0 Å². The standard InChI is InChI=1S/C53H44/c1-37-33-45(25-29-49(37)41-17-9-5-10-18-41)53(46-26-30-50(38(2)34-46)42-19-11-6-12-20-42,47-27-31-51(39(3)35-47)43-21-13-7-14-22-43)48-28-32-52(40(4)36-48)44-23-15-8-16-24-44/h5-36H,1-4H3. The van der Waals surface area contributed by atoms with Crippen molar-refractivity contribution in [3.8, 4) is 44.5 Å². The number of aryl methyl sites for hydroxylation is 4. The normalized spacial score (nSPS) is 11.4. The summed E-state index contributed by atoms with van der Waals surface area (Å²) in [6.45, 7) is 9.03. The monoisotopic (exact) mass is 680 g/mol. The topological polar surface area (TPSA) is 0 Å². The van der Waals surface area contributed by atoms with Crippen molar-refractivity contribution >= 4 is 0 Å². The van der Waals surface area contributed by atoms with Gasteiger partial charge in [-0.05, 0) is 117 Å². The Bertz CT molecular complexity index is 2150. The predicted molar refractivity (Wildman–Crippen MR) is 225 cm³/mol. The maximum atomic E-state index is 2.43. The van der Waals surface area contributed by atoms with Crippen molar-refractivity contribution in [2.75, 3.05) is 0 Å². The van der Waals surface area contributed by atoms with Crippen LogP contribution in [0.1, 0.15) is 44.5 Å². The quantitative estimate of drug-likeness (QED) is 0.140. The van der Waals surface area contributed by atoms with Gasteiger partial charge in [-0.15, -0.1) is 0 Å². The van der Waals surface area contributed by atoms with E-state index < -0.39 is 5.41 Å². The average Bonchev–Trinajstić information content (AvgIpc) is 3.20. The van der Waals surface area contributed by atoms with Crippen molar-refractivity contribution in [1.82, 2.24) is 0 Å². The molecule has 0 aromatic heterocycles. The Morgan fingerprint density at radius 1 is 0.245 bits per heavy atom. The minimum Gasteiger partial charge on any atom is -0.0622 e. The van der Waals surface area contributed by atoms with Crippen LogP contribution in [-0.2, 0) is 5.41 Å². The van der Waals surface area contributed by atoms with E-state index in [2.05, 4.69) is 222 Å². The summed E-state index contributed by atoms with van der Waals surface area (Å²) in [4.78, 5) is 0. The van der Waals surface area contributed by atoms with E-state index in [1.54, 1.807) is 0 Å². The highest BCUT2D eigenvalue weighted by Gasteiger charge is 2.40. The summed E-state index contributed by atoms with van der Waals surface area (Å²) < 4.78 is 0. The Hall–Kier alpha value is -6.24. The third kappa shape index (κ3) is 6.32. The first-order valence-electron chi connectivity index (χ1n) is 18.6. The molecule has 0 amide bonds. The van der Waals surface area contributed by atoms with Crippen molar-refractivity contribution in [3.05, 3.63) is 239 Å². The molecule has 8 aromatic rings. The molecule has 256 valence electrons. The first kappa shape index (κ1) is 33.9. The fraction of sp³-hybridized carbons (Fsp3) is 0.0943. The summed E-state index contributed by atoms with van der Waals surface area (Å²) in [6.07, 6.45) is 0. The van der Waals surface area contributed by atoms with Gasteiger partial charge in [0, 0.05) is 0 Å². The zero-order chi connectivity index (χ0) is 36.4. The number of hydrogen-bond donors (Lipinski definition) is 0. The van der Waals surface area contributed by atoms with Crippen LogP contribution in [0.15, 0.2) is 194 Å². The Labute approximate surface area is 315 Å². The van der Waals surface area contributed by atoms with Gasteiger partial charge in [-0.3, -0.25) is 0 Å². The molecule has 8 rings (SSSR count).